The van der Waals surface area contributed by atoms with Crippen molar-refractivity contribution in [3.63, 3.8) is 0 Å². The zero-order valence-corrected chi connectivity index (χ0v) is 7.42. The molecule has 4 heteroatoms. The van der Waals surface area contributed by atoms with E-state index in [1.54, 1.807) is 0 Å². The van der Waals surface area contributed by atoms with E-state index in [9.17, 15) is 4.39 Å². The number of rotatable bonds is 2. The first-order valence-electron chi connectivity index (χ1n) is 4.34. The maximum atomic E-state index is 12.6. The van der Waals surface area contributed by atoms with Crippen LogP contribution in [0.4, 0.5) is 15.9 Å². The number of aromatic nitrogens is 1. The summed E-state index contributed by atoms with van der Waals surface area (Å²) in [6, 6.07) is 1.74. The van der Waals surface area contributed by atoms with Gasteiger partial charge in [-0.3, -0.25) is 0 Å². The Morgan fingerprint density at radius 1 is 1.69 bits per heavy atom. The van der Waals surface area contributed by atoms with E-state index in [-0.39, 0.29) is 0 Å². The Balaban J connectivity index is 2.11. The average Bonchev–Trinajstić information content (AvgIpc) is 2.73. The molecular weight excluding hydrogens is 169 g/mol. The van der Waals surface area contributed by atoms with Crippen LogP contribution in [-0.2, 0) is 0 Å². The van der Waals surface area contributed by atoms with Gasteiger partial charge in [0, 0.05) is 12.1 Å². The second kappa shape index (κ2) is 2.87. The maximum absolute atomic E-state index is 12.6. The van der Waals surface area contributed by atoms with E-state index in [2.05, 4.69) is 17.2 Å². The number of halogens is 1. The lowest BCUT2D eigenvalue weighted by molar-refractivity contribution is 0.622. The van der Waals surface area contributed by atoms with E-state index in [0.29, 0.717) is 23.5 Å². The van der Waals surface area contributed by atoms with Gasteiger partial charge >= 0.3 is 0 Å². The average molecular weight is 181 g/mol. The van der Waals surface area contributed by atoms with Crippen molar-refractivity contribution < 1.29 is 4.39 Å². The normalized spacial score (nSPS) is 25.7. The van der Waals surface area contributed by atoms with Gasteiger partial charge in [0.15, 0.2) is 0 Å². The summed E-state index contributed by atoms with van der Waals surface area (Å²) in [5.41, 5.74) is 5.95. The van der Waals surface area contributed by atoms with Crippen LogP contribution in [0, 0.1) is 11.7 Å². The molecule has 3 nitrogen and oxygen atoms in total. The Kier molecular flexibility index (Phi) is 1.83. The Hall–Kier alpha value is -1.32. The summed E-state index contributed by atoms with van der Waals surface area (Å²) in [5.74, 6) is 0.869. The SMILES string of the molecule is CC1CC1Nc1ncc(F)cc1N. The van der Waals surface area contributed by atoms with E-state index < -0.39 is 5.82 Å². The molecule has 0 saturated heterocycles. The molecule has 1 heterocycles. The van der Waals surface area contributed by atoms with Crippen molar-refractivity contribution in [2.24, 2.45) is 5.92 Å². The van der Waals surface area contributed by atoms with Crippen molar-refractivity contribution in [3.8, 4) is 0 Å². The van der Waals surface area contributed by atoms with Crippen molar-refractivity contribution in [2.75, 3.05) is 11.1 Å². The molecule has 3 N–H and O–H groups in total. The lowest BCUT2D eigenvalue weighted by Gasteiger charge is -2.06. The number of hydrogen-bond donors (Lipinski definition) is 2. The third kappa shape index (κ3) is 1.71. The predicted octanol–water partition coefficient (Wildman–Crippen LogP) is 1.62. The summed E-state index contributed by atoms with van der Waals surface area (Å²) in [7, 11) is 0. The summed E-state index contributed by atoms with van der Waals surface area (Å²) in [4.78, 5) is 3.88. The van der Waals surface area contributed by atoms with E-state index >= 15 is 0 Å². The van der Waals surface area contributed by atoms with Crippen molar-refractivity contribution in [1.29, 1.82) is 0 Å². The molecule has 1 aromatic rings. The van der Waals surface area contributed by atoms with Gasteiger partial charge in [-0.25, -0.2) is 9.37 Å². The molecule has 1 aliphatic carbocycles. The standard InChI is InChI=1S/C9H12FN3/c1-5-2-8(5)13-9-7(11)3-6(10)4-12-9/h3-5,8H,2,11H2,1H3,(H,12,13). The number of nitrogens with one attached hydrogen (secondary N) is 1. The fourth-order valence-corrected chi connectivity index (χ4v) is 1.27. The minimum atomic E-state index is -0.396. The first kappa shape index (κ1) is 8.29. The van der Waals surface area contributed by atoms with Crippen molar-refractivity contribution in [2.45, 2.75) is 19.4 Å². The van der Waals surface area contributed by atoms with Crippen LogP contribution in [0.5, 0.6) is 0 Å². The fourth-order valence-electron chi connectivity index (χ4n) is 1.27. The number of hydrogen-bond acceptors (Lipinski definition) is 3. The number of nitrogens with two attached hydrogens (primary N) is 1. The van der Waals surface area contributed by atoms with E-state index in [4.69, 9.17) is 5.73 Å². The molecule has 0 aliphatic heterocycles. The first-order chi connectivity index (χ1) is 6.16. The Morgan fingerprint density at radius 3 is 2.92 bits per heavy atom. The quantitative estimate of drug-likeness (QED) is 0.729. The molecule has 2 atom stereocenters. The van der Waals surface area contributed by atoms with Gasteiger partial charge in [0.2, 0.25) is 0 Å². The molecule has 0 bridgehead atoms. The van der Waals surface area contributed by atoms with Crippen molar-refractivity contribution >= 4 is 11.5 Å². The minimum Gasteiger partial charge on any atom is -0.396 e. The predicted molar refractivity (Wildman–Crippen MR) is 49.8 cm³/mol. The van der Waals surface area contributed by atoms with Crippen LogP contribution >= 0.6 is 0 Å². The van der Waals surface area contributed by atoms with E-state index in [1.165, 1.54) is 12.3 Å². The second-order valence-electron chi connectivity index (χ2n) is 3.56. The minimum absolute atomic E-state index is 0.374. The molecule has 70 valence electrons. The Labute approximate surface area is 76.2 Å². The summed E-state index contributed by atoms with van der Waals surface area (Å²) in [5, 5.41) is 3.16. The number of pyridine rings is 1. The molecule has 2 rings (SSSR count). The monoisotopic (exact) mass is 181 g/mol. The molecule has 0 radical (unpaired) electrons. The summed E-state index contributed by atoms with van der Waals surface area (Å²) < 4.78 is 12.6. The smallest absolute Gasteiger partial charge is 0.149 e. The van der Waals surface area contributed by atoms with Gasteiger partial charge in [-0.15, -0.1) is 0 Å². The highest BCUT2D eigenvalue weighted by molar-refractivity contribution is 5.61. The highest BCUT2D eigenvalue weighted by Gasteiger charge is 2.32. The third-order valence-electron chi connectivity index (χ3n) is 2.32. The summed E-state index contributed by atoms with van der Waals surface area (Å²) in [6.07, 6.45) is 2.31. The van der Waals surface area contributed by atoms with Crippen molar-refractivity contribution in [1.82, 2.24) is 4.98 Å². The van der Waals surface area contributed by atoms with E-state index in [0.717, 1.165) is 6.42 Å². The summed E-state index contributed by atoms with van der Waals surface area (Å²) >= 11 is 0. The summed E-state index contributed by atoms with van der Waals surface area (Å²) in [6.45, 7) is 2.15. The number of anilines is 2. The molecule has 1 aliphatic rings. The first-order valence-corrected chi connectivity index (χ1v) is 4.34. The van der Waals surface area contributed by atoms with Crippen LogP contribution in [-0.4, -0.2) is 11.0 Å². The van der Waals surface area contributed by atoms with Crippen LogP contribution in [0.3, 0.4) is 0 Å². The number of nitrogen functional groups attached to an aromatic ring is 1. The lowest BCUT2D eigenvalue weighted by atomic mass is 10.3. The van der Waals surface area contributed by atoms with Crippen LogP contribution in [0.2, 0.25) is 0 Å². The lowest BCUT2D eigenvalue weighted by Crippen LogP contribution is -2.08. The molecule has 2 unspecified atom stereocenters. The Bertz CT molecular complexity index is 327. The molecule has 13 heavy (non-hydrogen) atoms. The van der Waals surface area contributed by atoms with Crippen LogP contribution in [0.25, 0.3) is 0 Å². The van der Waals surface area contributed by atoms with Crippen LogP contribution in [0.1, 0.15) is 13.3 Å². The van der Waals surface area contributed by atoms with Gasteiger partial charge in [-0.2, -0.15) is 0 Å². The van der Waals surface area contributed by atoms with Gasteiger partial charge in [0.05, 0.1) is 11.9 Å². The van der Waals surface area contributed by atoms with Gasteiger partial charge < -0.3 is 11.1 Å². The molecular formula is C9H12FN3. The fraction of sp³-hybridized carbons (Fsp3) is 0.444. The molecule has 1 aromatic heterocycles. The van der Waals surface area contributed by atoms with Crippen LogP contribution < -0.4 is 11.1 Å². The van der Waals surface area contributed by atoms with Crippen molar-refractivity contribution in [3.05, 3.63) is 18.1 Å². The second-order valence-corrected chi connectivity index (χ2v) is 3.56. The molecule has 0 spiro atoms. The topological polar surface area (TPSA) is 50.9 Å². The highest BCUT2D eigenvalue weighted by atomic mass is 19.1. The van der Waals surface area contributed by atoms with Crippen LogP contribution in [0.15, 0.2) is 12.3 Å². The zero-order valence-electron chi connectivity index (χ0n) is 7.42. The number of nitrogens with zero attached hydrogens (tertiary/aromatic N) is 1. The zero-order chi connectivity index (χ0) is 9.42. The highest BCUT2D eigenvalue weighted by Crippen LogP contribution is 2.33. The van der Waals surface area contributed by atoms with E-state index in [1.807, 2.05) is 0 Å². The maximum Gasteiger partial charge on any atom is 0.149 e. The molecule has 1 fully saturated rings. The van der Waals surface area contributed by atoms with Gasteiger partial charge in [0.25, 0.3) is 0 Å². The Morgan fingerprint density at radius 2 is 2.38 bits per heavy atom. The van der Waals surface area contributed by atoms with Gasteiger partial charge in [0.1, 0.15) is 11.6 Å². The third-order valence-corrected chi connectivity index (χ3v) is 2.32. The molecule has 0 aromatic carbocycles. The van der Waals surface area contributed by atoms with Gasteiger partial charge in [-0.1, -0.05) is 6.92 Å². The largest absolute Gasteiger partial charge is 0.396 e. The molecule has 1 saturated carbocycles. The van der Waals surface area contributed by atoms with Gasteiger partial charge in [-0.05, 0) is 12.3 Å². The molecule has 0 amide bonds.